The van der Waals surface area contributed by atoms with E-state index < -0.39 is 6.03 Å². The van der Waals surface area contributed by atoms with E-state index >= 15 is 0 Å². The fraction of sp³-hybridized carbons (Fsp3) is 0.500. The third-order valence-electron chi connectivity index (χ3n) is 4.32. The number of aromatic nitrogens is 1. The highest BCUT2D eigenvalue weighted by Crippen LogP contribution is 2.19. The molecule has 4 amide bonds. The molecular formula is C16H20N4O4. The van der Waals surface area contributed by atoms with E-state index in [2.05, 4.69) is 10.3 Å². The molecule has 0 aromatic carbocycles. The summed E-state index contributed by atoms with van der Waals surface area (Å²) in [6, 6.07) is 3.31. The number of hydrogen-bond acceptors (Lipinski definition) is 5. The molecule has 1 aromatic rings. The van der Waals surface area contributed by atoms with Crippen molar-refractivity contribution in [2.24, 2.45) is 5.92 Å². The van der Waals surface area contributed by atoms with Crippen LogP contribution in [-0.4, -0.2) is 72.0 Å². The second-order valence-corrected chi connectivity index (χ2v) is 6.15. The van der Waals surface area contributed by atoms with E-state index in [9.17, 15) is 14.4 Å². The van der Waals surface area contributed by atoms with Crippen molar-refractivity contribution in [1.29, 1.82) is 0 Å². The SMILES string of the molecule is CN1CC(=O)N(CC(=O)N[C@@H]2COC[C@H]2Cc2ccncc2)C1=O. The molecular weight excluding hydrogens is 312 g/mol. The van der Waals surface area contributed by atoms with Crippen molar-refractivity contribution in [3.8, 4) is 0 Å². The Balaban J connectivity index is 1.55. The normalized spacial score (nSPS) is 23.9. The number of likely N-dealkylation sites (N-methyl/N-ethyl adjacent to an activating group) is 1. The quantitative estimate of drug-likeness (QED) is 0.744. The summed E-state index contributed by atoms with van der Waals surface area (Å²) in [4.78, 5) is 42.0. The molecule has 0 bridgehead atoms. The lowest BCUT2D eigenvalue weighted by atomic mass is 9.95. The predicted molar refractivity (Wildman–Crippen MR) is 83.9 cm³/mol. The third kappa shape index (κ3) is 3.53. The van der Waals surface area contributed by atoms with Gasteiger partial charge in [-0.05, 0) is 24.1 Å². The number of imide groups is 1. The van der Waals surface area contributed by atoms with Gasteiger partial charge in [0.1, 0.15) is 13.1 Å². The van der Waals surface area contributed by atoms with Gasteiger partial charge in [-0.25, -0.2) is 4.79 Å². The topological polar surface area (TPSA) is 91.8 Å². The van der Waals surface area contributed by atoms with Gasteiger partial charge in [0.25, 0.3) is 5.91 Å². The van der Waals surface area contributed by atoms with Crippen LogP contribution in [0, 0.1) is 5.92 Å². The molecule has 0 saturated carbocycles. The Bertz CT molecular complexity index is 636. The number of pyridine rings is 1. The lowest BCUT2D eigenvalue weighted by molar-refractivity contribution is -0.131. The maximum Gasteiger partial charge on any atom is 0.327 e. The lowest BCUT2D eigenvalue weighted by Gasteiger charge is -2.21. The minimum Gasteiger partial charge on any atom is -0.379 e. The number of ether oxygens (including phenoxy) is 1. The molecule has 2 aliphatic heterocycles. The molecule has 2 aliphatic rings. The molecule has 8 nitrogen and oxygen atoms in total. The molecule has 128 valence electrons. The first-order valence-corrected chi connectivity index (χ1v) is 7.86. The number of nitrogens with one attached hydrogen (secondary N) is 1. The summed E-state index contributed by atoms with van der Waals surface area (Å²) in [5.74, 6) is -0.542. The smallest absolute Gasteiger partial charge is 0.327 e. The number of amides is 4. The van der Waals surface area contributed by atoms with Gasteiger partial charge in [0, 0.05) is 25.4 Å². The summed E-state index contributed by atoms with van der Waals surface area (Å²) >= 11 is 0. The first kappa shape index (κ1) is 16.4. The summed E-state index contributed by atoms with van der Waals surface area (Å²) in [5.41, 5.74) is 1.13. The highest BCUT2D eigenvalue weighted by molar-refractivity contribution is 6.04. The van der Waals surface area contributed by atoms with Crippen LogP contribution in [0.2, 0.25) is 0 Å². The average molecular weight is 332 g/mol. The fourth-order valence-corrected chi connectivity index (χ4v) is 3.00. The zero-order valence-electron chi connectivity index (χ0n) is 13.5. The monoisotopic (exact) mass is 332 g/mol. The van der Waals surface area contributed by atoms with Crippen LogP contribution in [0.15, 0.2) is 24.5 Å². The van der Waals surface area contributed by atoms with Gasteiger partial charge in [0.2, 0.25) is 5.91 Å². The molecule has 2 fully saturated rings. The van der Waals surface area contributed by atoms with Crippen LogP contribution in [0.5, 0.6) is 0 Å². The zero-order valence-corrected chi connectivity index (χ0v) is 13.5. The molecule has 1 N–H and O–H groups in total. The largest absolute Gasteiger partial charge is 0.379 e. The summed E-state index contributed by atoms with van der Waals surface area (Å²) < 4.78 is 5.49. The standard InChI is InChI=1S/C16H20N4O4/c1-19-8-15(22)20(16(19)23)7-14(21)18-13-10-24-9-12(13)6-11-2-4-17-5-3-11/h2-5,12-13H,6-10H2,1H3,(H,18,21)/t12-,13-/m1/s1. The van der Waals surface area contributed by atoms with Gasteiger partial charge < -0.3 is 15.0 Å². The minimum absolute atomic E-state index is 0.0172. The first-order valence-electron chi connectivity index (χ1n) is 7.86. The molecule has 2 saturated heterocycles. The van der Waals surface area contributed by atoms with Crippen molar-refractivity contribution >= 4 is 17.8 Å². The maximum absolute atomic E-state index is 12.2. The lowest BCUT2D eigenvalue weighted by Crippen LogP contribution is -2.47. The summed E-state index contributed by atoms with van der Waals surface area (Å²) in [6.07, 6.45) is 4.25. The molecule has 0 spiro atoms. The molecule has 0 radical (unpaired) electrons. The maximum atomic E-state index is 12.2. The predicted octanol–water partition coefficient (Wildman–Crippen LogP) is -0.351. The van der Waals surface area contributed by atoms with Gasteiger partial charge >= 0.3 is 6.03 Å². The molecule has 1 aromatic heterocycles. The van der Waals surface area contributed by atoms with Gasteiger partial charge in [-0.3, -0.25) is 19.5 Å². The van der Waals surface area contributed by atoms with E-state index in [-0.39, 0.29) is 36.9 Å². The van der Waals surface area contributed by atoms with E-state index in [0.29, 0.717) is 13.2 Å². The van der Waals surface area contributed by atoms with Gasteiger partial charge in [0.05, 0.1) is 19.3 Å². The average Bonchev–Trinajstić information content (AvgIpc) is 3.08. The Morgan fingerprint density at radius 3 is 2.75 bits per heavy atom. The molecule has 0 unspecified atom stereocenters. The second kappa shape index (κ2) is 6.96. The second-order valence-electron chi connectivity index (χ2n) is 6.15. The van der Waals surface area contributed by atoms with E-state index in [1.165, 1.54) is 11.9 Å². The third-order valence-corrected chi connectivity index (χ3v) is 4.32. The molecule has 24 heavy (non-hydrogen) atoms. The Morgan fingerprint density at radius 1 is 1.33 bits per heavy atom. The number of hydrogen-bond donors (Lipinski definition) is 1. The molecule has 2 atom stereocenters. The van der Waals surface area contributed by atoms with Crippen molar-refractivity contribution < 1.29 is 19.1 Å². The molecule has 8 heteroatoms. The van der Waals surface area contributed by atoms with Crippen molar-refractivity contribution in [3.63, 3.8) is 0 Å². The summed E-state index contributed by atoms with van der Waals surface area (Å²) in [6.45, 7) is 0.769. The van der Waals surface area contributed by atoms with Crippen LogP contribution in [0.3, 0.4) is 0 Å². The highest BCUT2D eigenvalue weighted by atomic mass is 16.5. The van der Waals surface area contributed by atoms with Gasteiger partial charge in [-0.15, -0.1) is 0 Å². The molecule has 3 rings (SSSR count). The Hall–Kier alpha value is -2.48. The van der Waals surface area contributed by atoms with Gasteiger partial charge in [-0.2, -0.15) is 0 Å². The molecule has 3 heterocycles. The fourth-order valence-electron chi connectivity index (χ4n) is 3.00. The van der Waals surface area contributed by atoms with Crippen LogP contribution >= 0.6 is 0 Å². The molecule has 0 aliphatic carbocycles. The van der Waals surface area contributed by atoms with Crippen LogP contribution in [0.25, 0.3) is 0 Å². The number of carbonyl (C=O) groups is 3. The first-order chi connectivity index (χ1) is 11.5. The van der Waals surface area contributed by atoms with E-state index in [0.717, 1.165) is 16.9 Å². The van der Waals surface area contributed by atoms with Crippen LogP contribution in [0.1, 0.15) is 5.56 Å². The zero-order chi connectivity index (χ0) is 17.1. The number of nitrogens with zero attached hydrogens (tertiary/aromatic N) is 3. The van der Waals surface area contributed by atoms with Gasteiger partial charge in [-0.1, -0.05) is 0 Å². The van der Waals surface area contributed by atoms with Gasteiger partial charge in [0.15, 0.2) is 0 Å². The van der Waals surface area contributed by atoms with Crippen molar-refractivity contribution in [1.82, 2.24) is 20.1 Å². The summed E-state index contributed by atoms with van der Waals surface area (Å²) in [7, 11) is 1.54. The van der Waals surface area contributed by atoms with Crippen LogP contribution < -0.4 is 5.32 Å². The number of urea groups is 1. The number of carbonyl (C=O) groups excluding carboxylic acids is 3. The van der Waals surface area contributed by atoms with Crippen molar-refractivity contribution in [2.45, 2.75) is 12.5 Å². The van der Waals surface area contributed by atoms with E-state index in [1.807, 2.05) is 12.1 Å². The minimum atomic E-state index is -0.439. The van der Waals surface area contributed by atoms with E-state index in [4.69, 9.17) is 4.74 Å². The van der Waals surface area contributed by atoms with Crippen molar-refractivity contribution in [2.75, 3.05) is 33.4 Å². The van der Waals surface area contributed by atoms with Crippen LogP contribution in [-0.2, 0) is 20.7 Å². The van der Waals surface area contributed by atoms with Crippen LogP contribution in [0.4, 0.5) is 4.79 Å². The van der Waals surface area contributed by atoms with Crippen molar-refractivity contribution in [3.05, 3.63) is 30.1 Å². The Morgan fingerprint density at radius 2 is 2.08 bits per heavy atom. The Kier molecular flexibility index (Phi) is 4.75. The highest BCUT2D eigenvalue weighted by Gasteiger charge is 2.36. The van der Waals surface area contributed by atoms with E-state index in [1.54, 1.807) is 12.4 Å². The Labute approximate surface area is 139 Å². The summed E-state index contributed by atoms with van der Waals surface area (Å²) in [5, 5.41) is 2.89. The number of rotatable bonds is 5.